The van der Waals surface area contributed by atoms with Crippen LogP contribution in [-0.4, -0.2) is 85.0 Å². The van der Waals surface area contributed by atoms with Gasteiger partial charge in [-0.05, 0) is 25.0 Å². The number of hydrogen-bond acceptors (Lipinski definition) is 4. The van der Waals surface area contributed by atoms with Crippen LogP contribution < -0.4 is 4.90 Å². The first-order valence-corrected chi connectivity index (χ1v) is 8.96. The molecule has 0 spiro atoms. The number of rotatable bonds is 2. The molecular formula is C18H27N5O2. The molecule has 7 nitrogen and oxygen atoms in total. The van der Waals surface area contributed by atoms with E-state index < -0.39 is 0 Å². The fourth-order valence-electron chi connectivity index (χ4n) is 3.62. The van der Waals surface area contributed by atoms with E-state index in [9.17, 15) is 9.59 Å². The number of hydrogen-bond donors (Lipinski definition) is 0. The molecule has 3 heterocycles. The molecule has 2 aliphatic heterocycles. The lowest BCUT2D eigenvalue weighted by Crippen LogP contribution is -2.53. The zero-order chi connectivity index (χ0) is 17.8. The minimum absolute atomic E-state index is 0.00102. The Morgan fingerprint density at radius 1 is 1.12 bits per heavy atom. The van der Waals surface area contributed by atoms with E-state index in [1.807, 2.05) is 17.2 Å². The maximum absolute atomic E-state index is 12.9. The Balaban J connectivity index is 1.54. The van der Waals surface area contributed by atoms with Crippen molar-refractivity contribution in [2.75, 3.05) is 58.3 Å². The molecule has 0 saturated carbocycles. The lowest BCUT2D eigenvalue weighted by Gasteiger charge is -2.40. The Hall–Kier alpha value is -2.31. The minimum atomic E-state index is -0.0670. The molecule has 3 amide bonds. The van der Waals surface area contributed by atoms with Crippen LogP contribution in [-0.2, 0) is 4.79 Å². The number of urea groups is 1. The van der Waals surface area contributed by atoms with Gasteiger partial charge in [-0.25, -0.2) is 4.79 Å². The fraction of sp³-hybridized carbons (Fsp3) is 0.611. The van der Waals surface area contributed by atoms with Crippen molar-refractivity contribution in [2.24, 2.45) is 5.92 Å². The predicted molar refractivity (Wildman–Crippen MR) is 96.4 cm³/mol. The molecule has 7 heteroatoms. The topological polar surface area (TPSA) is 60.0 Å². The van der Waals surface area contributed by atoms with Gasteiger partial charge in [-0.15, -0.1) is 0 Å². The number of carbonyl (C=O) groups excluding carboxylic acids is 2. The Labute approximate surface area is 149 Å². The number of carbonyl (C=O) groups is 2. The van der Waals surface area contributed by atoms with Gasteiger partial charge in [0, 0.05) is 59.6 Å². The number of piperidine rings is 1. The Morgan fingerprint density at radius 3 is 2.52 bits per heavy atom. The lowest BCUT2D eigenvalue weighted by molar-refractivity contribution is -0.137. The molecule has 0 aliphatic carbocycles. The van der Waals surface area contributed by atoms with Gasteiger partial charge >= 0.3 is 6.03 Å². The van der Waals surface area contributed by atoms with Crippen molar-refractivity contribution in [2.45, 2.75) is 12.8 Å². The number of nitrogens with zero attached hydrogens (tertiary/aromatic N) is 5. The Bertz CT molecular complexity index is 599. The monoisotopic (exact) mass is 345 g/mol. The summed E-state index contributed by atoms with van der Waals surface area (Å²) in [5.41, 5.74) is 1.11. The predicted octanol–water partition coefficient (Wildman–Crippen LogP) is 1.12. The van der Waals surface area contributed by atoms with Gasteiger partial charge in [-0.2, -0.15) is 0 Å². The van der Waals surface area contributed by atoms with E-state index in [2.05, 4.69) is 16.0 Å². The number of anilines is 1. The maximum Gasteiger partial charge on any atom is 0.319 e. The molecule has 2 fully saturated rings. The number of likely N-dealkylation sites (tertiary alicyclic amines) is 1. The first-order chi connectivity index (χ1) is 12.1. The summed E-state index contributed by atoms with van der Waals surface area (Å²) < 4.78 is 0. The van der Waals surface area contributed by atoms with Gasteiger partial charge in [0.2, 0.25) is 5.91 Å². The third-order valence-corrected chi connectivity index (χ3v) is 5.03. The second kappa shape index (κ2) is 7.72. The van der Waals surface area contributed by atoms with Gasteiger partial charge in [0.1, 0.15) is 0 Å². The normalized spacial score (nSPS) is 21.2. The summed E-state index contributed by atoms with van der Waals surface area (Å²) in [5.74, 6) is 0.129. The molecule has 0 N–H and O–H groups in total. The van der Waals surface area contributed by atoms with Gasteiger partial charge in [0.15, 0.2) is 0 Å². The van der Waals surface area contributed by atoms with Crippen molar-refractivity contribution in [1.82, 2.24) is 19.7 Å². The van der Waals surface area contributed by atoms with E-state index >= 15 is 0 Å². The van der Waals surface area contributed by atoms with Crippen molar-refractivity contribution in [1.29, 1.82) is 0 Å². The molecule has 1 atom stereocenters. The van der Waals surface area contributed by atoms with Crippen molar-refractivity contribution in [3.8, 4) is 0 Å². The van der Waals surface area contributed by atoms with Crippen LogP contribution in [0.2, 0.25) is 0 Å². The number of piperazine rings is 1. The molecule has 2 saturated heterocycles. The van der Waals surface area contributed by atoms with Gasteiger partial charge in [-0.3, -0.25) is 9.78 Å². The number of amides is 3. The average Bonchev–Trinajstić information content (AvgIpc) is 2.67. The van der Waals surface area contributed by atoms with Crippen LogP contribution >= 0.6 is 0 Å². The Kier molecular flexibility index (Phi) is 5.40. The van der Waals surface area contributed by atoms with Gasteiger partial charge < -0.3 is 19.6 Å². The van der Waals surface area contributed by atoms with Crippen LogP contribution in [0.5, 0.6) is 0 Å². The summed E-state index contributed by atoms with van der Waals surface area (Å²) in [6.07, 6.45) is 5.40. The lowest BCUT2D eigenvalue weighted by atomic mass is 9.96. The van der Waals surface area contributed by atoms with Gasteiger partial charge in [0.05, 0.1) is 17.8 Å². The molecule has 136 valence electrons. The quantitative estimate of drug-likeness (QED) is 0.806. The molecule has 3 rings (SSSR count). The van der Waals surface area contributed by atoms with E-state index in [1.54, 1.807) is 30.1 Å². The number of aromatic nitrogens is 1. The van der Waals surface area contributed by atoms with Gasteiger partial charge in [-0.1, -0.05) is 0 Å². The molecule has 1 aromatic rings. The molecule has 2 aliphatic rings. The second-order valence-electron chi connectivity index (χ2n) is 6.99. The minimum Gasteiger partial charge on any atom is -0.367 e. The SMILES string of the molecule is CN(C)C(=O)N1CCC[C@@H](C(=O)N2CCN(c3cccnc3)CC2)C1. The molecule has 0 bridgehead atoms. The molecule has 0 aromatic carbocycles. The maximum atomic E-state index is 12.9. The zero-order valence-corrected chi connectivity index (χ0v) is 15.1. The number of pyridine rings is 1. The first kappa shape index (κ1) is 17.5. The summed E-state index contributed by atoms with van der Waals surface area (Å²) in [4.78, 5) is 36.8. The largest absolute Gasteiger partial charge is 0.367 e. The van der Waals surface area contributed by atoms with Crippen molar-refractivity contribution in [3.05, 3.63) is 24.5 Å². The van der Waals surface area contributed by atoms with Crippen LogP contribution in [0.3, 0.4) is 0 Å². The molecule has 25 heavy (non-hydrogen) atoms. The highest BCUT2D eigenvalue weighted by Crippen LogP contribution is 2.21. The van der Waals surface area contributed by atoms with E-state index in [0.29, 0.717) is 6.54 Å². The molecule has 0 radical (unpaired) electrons. The van der Waals surface area contributed by atoms with Crippen LogP contribution in [0.4, 0.5) is 10.5 Å². The van der Waals surface area contributed by atoms with Crippen LogP contribution in [0.15, 0.2) is 24.5 Å². The molecular weight excluding hydrogens is 318 g/mol. The van der Waals surface area contributed by atoms with E-state index in [4.69, 9.17) is 0 Å². The Morgan fingerprint density at radius 2 is 1.88 bits per heavy atom. The van der Waals surface area contributed by atoms with E-state index in [0.717, 1.165) is 51.3 Å². The fourth-order valence-corrected chi connectivity index (χ4v) is 3.62. The van der Waals surface area contributed by atoms with Crippen molar-refractivity contribution >= 4 is 17.6 Å². The van der Waals surface area contributed by atoms with Crippen molar-refractivity contribution in [3.63, 3.8) is 0 Å². The average molecular weight is 345 g/mol. The summed E-state index contributed by atoms with van der Waals surface area (Å²) in [6, 6.07) is 3.99. The van der Waals surface area contributed by atoms with E-state index in [1.165, 1.54) is 0 Å². The second-order valence-corrected chi connectivity index (χ2v) is 6.99. The first-order valence-electron chi connectivity index (χ1n) is 8.96. The smallest absolute Gasteiger partial charge is 0.319 e. The van der Waals surface area contributed by atoms with Crippen LogP contribution in [0.25, 0.3) is 0 Å². The van der Waals surface area contributed by atoms with Crippen LogP contribution in [0.1, 0.15) is 12.8 Å². The highest BCUT2D eigenvalue weighted by atomic mass is 16.2. The molecule has 1 aromatic heterocycles. The standard InChI is InChI=1S/C18H27N5O2/c1-20(2)18(25)23-8-4-5-15(14-23)17(24)22-11-9-21(10-12-22)16-6-3-7-19-13-16/h3,6-7,13,15H,4-5,8-12,14H2,1-2H3/t15-/m1/s1. The van der Waals surface area contributed by atoms with Gasteiger partial charge in [0.25, 0.3) is 0 Å². The summed E-state index contributed by atoms with van der Waals surface area (Å²) >= 11 is 0. The summed E-state index contributed by atoms with van der Waals surface area (Å²) in [7, 11) is 3.51. The highest BCUT2D eigenvalue weighted by molar-refractivity contribution is 5.81. The molecule has 0 unspecified atom stereocenters. The zero-order valence-electron chi connectivity index (χ0n) is 15.1. The van der Waals surface area contributed by atoms with Crippen molar-refractivity contribution < 1.29 is 9.59 Å². The summed E-state index contributed by atoms with van der Waals surface area (Å²) in [6.45, 7) is 4.39. The summed E-state index contributed by atoms with van der Waals surface area (Å²) in [5, 5.41) is 0. The third kappa shape index (κ3) is 4.03. The highest BCUT2D eigenvalue weighted by Gasteiger charge is 2.33. The van der Waals surface area contributed by atoms with Crippen LogP contribution in [0, 0.1) is 5.92 Å². The third-order valence-electron chi connectivity index (χ3n) is 5.03. The van der Waals surface area contributed by atoms with E-state index in [-0.39, 0.29) is 17.9 Å².